The number of halogens is 5. The van der Waals surface area contributed by atoms with Crippen LogP contribution in [0.25, 0.3) is 0 Å². The van der Waals surface area contributed by atoms with E-state index in [-0.39, 0.29) is 42.3 Å². The quantitative estimate of drug-likeness (QED) is 0.147. The molecule has 4 aromatic carbocycles. The summed E-state index contributed by atoms with van der Waals surface area (Å²) in [6.45, 7) is 3.24. The van der Waals surface area contributed by atoms with Gasteiger partial charge in [-0.05, 0) is 59.7 Å². The summed E-state index contributed by atoms with van der Waals surface area (Å²) in [5.41, 5.74) is 8.60. The fourth-order valence-corrected chi connectivity index (χ4v) is 6.07. The van der Waals surface area contributed by atoms with Crippen LogP contribution in [-0.2, 0) is 27.4 Å². The lowest BCUT2D eigenvalue weighted by Crippen LogP contribution is -2.48. The van der Waals surface area contributed by atoms with Crippen molar-refractivity contribution in [2.24, 2.45) is 5.73 Å². The van der Waals surface area contributed by atoms with Crippen LogP contribution in [0.1, 0.15) is 31.8 Å². The largest absolute Gasteiger partial charge is 0.471 e. The number of urea groups is 2. The Morgan fingerprint density at radius 3 is 1.30 bits per heavy atom. The molecule has 2 aliphatic heterocycles. The molecule has 0 bridgehead atoms. The molecule has 13 nitrogen and oxygen atoms in total. The monoisotopic (exact) mass is 838 g/mol. The number of carbonyl (C=O) groups is 5. The maximum Gasteiger partial charge on any atom is 0.471 e. The third-order valence-electron chi connectivity index (χ3n) is 9.39. The molecule has 0 aliphatic carbocycles. The molecule has 0 radical (unpaired) electrons. The van der Waals surface area contributed by atoms with Crippen molar-refractivity contribution in [1.82, 2.24) is 15.1 Å². The molecule has 2 heterocycles. The summed E-state index contributed by atoms with van der Waals surface area (Å²) in [6.07, 6.45) is -5.07. The molecule has 318 valence electrons. The van der Waals surface area contributed by atoms with Gasteiger partial charge in [-0.1, -0.05) is 48.5 Å². The molecule has 60 heavy (non-hydrogen) atoms. The zero-order valence-electron chi connectivity index (χ0n) is 32.3. The van der Waals surface area contributed by atoms with Gasteiger partial charge in [-0.25, -0.2) is 18.4 Å². The number of carbonyl (C=O) groups excluding carboxylic acids is 5. The minimum atomic E-state index is -5.07. The van der Waals surface area contributed by atoms with E-state index in [2.05, 4.69) is 0 Å². The molecule has 18 heteroatoms. The third kappa shape index (κ3) is 12.6. The fourth-order valence-electron chi connectivity index (χ4n) is 6.07. The first-order chi connectivity index (χ1) is 28.7. The number of rotatable bonds is 11. The van der Waals surface area contributed by atoms with Gasteiger partial charge < -0.3 is 30.3 Å². The smallest absolute Gasteiger partial charge is 0.378 e. The first kappa shape index (κ1) is 44.9. The number of Topliss-reactive ketones (excluding diaryl/α,β-unsaturated/α-hetero) is 2. The van der Waals surface area contributed by atoms with Crippen LogP contribution in [0.5, 0.6) is 0 Å². The molecule has 0 atom stereocenters. The summed E-state index contributed by atoms with van der Waals surface area (Å²) in [4.78, 5) is 67.2. The van der Waals surface area contributed by atoms with Gasteiger partial charge in [0.1, 0.15) is 11.6 Å². The summed E-state index contributed by atoms with van der Waals surface area (Å²) in [7, 11) is 0. The minimum Gasteiger partial charge on any atom is -0.378 e. The zero-order chi connectivity index (χ0) is 43.2. The van der Waals surface area contributed by atoms with Crippen molar-refractivity contribution in [2.75, 3.05) is 75.5 Å². The van der Waals surface area contributed by atoms with Crippen LogP contribution < -0.4 is 20.9 Å². The van der Waals surface area contributed by atoms with Crippen molar-refractivity contribution in [3.63, 3.8) is 0 Å². The SMILES string of the molecule is NCC(=O)c1ccc(CN(C(=O)N2CCOCC2)c2ccc(F)cc2)cc1.O=C(CNC(=O)C(F)(F)F)c1ccc(CN(C(=O)N2CCOCC2)c2ccc(F)cc2)cc1. The molecular weight excluding hydrogens is 795 g/mol. The Hall–Kier alpha value is -6.24. The van der Waals surface area contributed by atoms with Gasteiger partial charge in [0, 0.05) is 48.7 Å². The van der Waals surface area contributed by atoms with Crippen molar-refractivity contribution in [1.29, 1.82) is 0 Å². The molecule has 0 spiro atoms. The summed E-state index contributed by atoms with van der Waals surface area (Å²) in [5, 5.41) is 1.53. The van der Waals surface area contributed by atoms with E-state index >= 15 is 0 Å². The number of alkyl halides is 3. The van der Waals surface area contributed by atoms with E-state index in [0.717, 1.165) is 5.56 Å². The van der Waals surface area contributed by atoms with Crippen molar-refractivity contribution in [3.05, 3.63) is 131 Å². The number of hydrogen-bond donors (Lipinski definition) is 2. The topological polar surface area (TPSA) is 155 Å². The third-order valence-corrected chi connectivity index (χ3v) is 9.39. The van der Waals surface area contributed by atoms with E-state index in [1.807, 2.05) is 0 Å². The fraction of sp³-hybridized carbons (Fsp3) is 0.310. The number of nitrogens with zero attached hydrogens (tertiary/aromatic N) is 4. The van der Waals surface area contributed by atoms with Crippen LogP contribution >= 0.6 is 0 Å². The molecule has 2 saturated heterocycles. The second kappa shape index (κ2) is 21.1. The van der Waals surface area contributed by atoms with E-state index in [1.54, 1.807) is 63.2 Å². The van der Waals surface area contributed by atoms with E-state index in [1.165, 1.54) is 58.7 Å². The van der Waals surface area contributed by atoms with E-state index < -0.39 is 30.2 Å². The number of amides is 5. The predicted molar refractivity (Wildman–Crippen MR) is 210 cm³/mol. The molecule has 0 saturated carbocycles. The highest BCUT2D eigenvalue weighted by atomic mass is 19.4. The first-order valence-corrected chi connectivity index (χ1v) is 18.8. The summed E-state index contributed by atoms with van der Waals surface area (Å²) in [5.74, 6) is -3.83. The number of ketones is 2. The molecule has 4 aromatic rings. The van der Waals surface area contributed by atoms with Crippen LogP contribution in [0.3, 0.4) is 0 Å². The maximum absolute atomic E-state index is 13.4. The van der Waals surface area contributed by atoms with Gasteiger partial charge in [0.2, 0.25) is 0 Å². The highest BCUT2D eigenvalue weighted by Gasteiger charge is 2.38. The van der Waals surface area contributed by atoms with Crippen molar-refractivity contribution >= 4 is 40.9 Å². The van der Waals surface area contributed by atoms with Crippen LogP contribution in [0.2, 0.25) is 0 Å². The van der Waals surface area contributed by atoms with Gasteiger partial charge in [-0.3, -0.25) is 24.2 Å². The number of hydrogen-bond acceptors (Lipinski definition) is 8. The van der Waals surface area contributed by atoms with Crippen LogP contribution in [-0.4, -0.2) is 111 Å². The summed E-state index contributed by atoms with van der Waals surface area (Å²) >= 11 is 0. The second-order valence-corrected chi connectivity index (χ2v) is 13.5. The molecule has 6 rings (SSSR count). The highest BCUT2D eigenvalue weighted by Crippen LogP contribution is 2.23. The molecule has 0 unspecified atom stereocenters. The van der Waals surface area contributed by atoms with Crippen molar-refractivity contribution in [2.45, 2.75) is 19.3 Å². The number of morpholine rings is 2. The van der Waals surface area contributed by atoms with Crippen LogP contribution in [0.4, 0.5) is 42.9 Å². The predicted octanol–water partition coefficient (Wildman–Crippen LogP) is 5.57. The summed E-state index contributed by atoms with van der Waals surface area (Å²) < 4.78 is 74.0. The van der Waals surface area contributed by atoms with E-state index in [0.29, 0.717) is 81.7 Å². The lowest BCUT2D eigenvalue weighted by Gasteiger charge is -2.33. The molecule has 5 amide bonds. The van der Waals surface area contributed by atoms with Crippen LogP contribution in [0.15, 0.2) is 97.1 Å². The van der Waals surface area contributed by atoms with Crippen LogP contribution in [0, 0.1) is 11.6 Å². The normalized spacial score (nSPS) is 14.0. The van der Waals surface area contributed by atoms with Gasteiger partial charge >= 0.3 is 24.1 Å². The number of anilines is 2. The lowest BCUT2D eigenvalue weighted by atomic mass is 10.1. The average Bonchev–Trinajstić information content (AvgIpc) is 3.27. The molecule has 2 fully saturated rings. The average molecular weight is 839 g/mol. The Morgan fingerprint density at radius 2 is 0.950 bits per heavy atom. The number of nitrogens with two attached hydrogens (primary N) is 1. The van der Waals surface area contributed by atoms with Gasteiger partial charge in [-0.15, -0.1) is 0 Å². The van der Waals surface area contributed by atoms with Gasteiger partial charge in [-0.2, -0.15) is 13.2 Å². The van der Waals surface area contributed by atoms with Gasteiger partial charge in [0.25, 0.3) is 0 Å². The van der Waals surface area contributed by atoms with E-state index in [9.17, 15) is 45.9 Å². The van der Waals surface area contributed by atoms with Gasteiger partial charge in [0.15, 0.2) is 11.6 Å². The lowest BCUT2D eigenvalue weighted by molar-refractivity contribution is -0.173. The minimum absolute atomic E-state index is 0.0451. The zero-order valence-corrected chi connectivity index (χ0v) is 32.3. The van der Waals surface area contributed by atoms with Gasteiger partial charge in [0.05, 0.1) is 52.6 Å². The summed E-state index contributed by atoms with van der Waals surface area (Å²) in [6, 6.07) is 23.7. The Labute approximate surface area is 342 Å². The molecule has 2 aliphatic rings. The first-order valence-electron chi connectivity index (χ1n) is 18.8. The maximum atomic E-state index is 13.4. The van der Waals surface area contributed by atoms with E-state index in [4.69, 9.17) is 15.2 Å². The Balaban J connectivity index is 0.000000232. The molecule has 0 aromatic heterocycles. The standard InChI is InChI=1S/C22H21F4N3O4.C20H22FN3O3/c23-17-5-7-18(8-6-17)29(21(32)28-9-11-33-12-10-28)14-15-1-3-16(4-2-15)19(30)13-27-20(31)22(24,25)26;21-17-5-7-18(8-6-17)24(20(26)23-9-11-27-12-10-23)14-15-1-3-16(4-2-15)19(25)13-22/h1-8H,9-14H2,(H,27,31);1-8H,9-14,22H2. The number of benzene rings is 4. The Morgan fingerprint density at radius 1 is 0.583 bits per heavy atom. The Bertz CT molecular complexity index is 2070. The molecule has 3 N–H and O–H groups in total. The second-order valence-electron chi connectivity index (χ2n) is 13.5. The highest BCUT2D eigenvalue weighted by molar-refractivity contribution is 6.00. The Kier molecular flexibility index (Phi) is 15.8. The van der Waals surface area contributed by atoms with Crippen molar-refractivity contribution in [3.8, 4) is 0 Å². The number of ether oxygens (including phenoxy) is 2. The molecular formula is C42H43F5N6O7. The van der Waals surface area contributed by atoms with Crippen molar-refractivity contribution < 1.29 is 55.4 Å². The number of nitrogens with one attached hydrogen (secondary N) is 1.